The van der Waals surface area contributed by atoms with Crippen LogP contribution in [0.4, 0.5) is 30.6 Å². The van der Waals surface area contributed by atoms with Crippen LogP contribution in [0.5, 0.6) is 0 Å². The van der Waals surface area contributed by atoms with Crippen LogP contribution >= 0.6 is 23.2 Å². The molecule has 136 valence electrons. The Bertz CT molecular complexity index is 738. The largest absolute Gasteiger partial charge is 0.421 e. The molecular weight excluding hydrogens is 378 g/mol. The lowest BCUT2D eigenvalue weighted by Gasteiger charge is -2.16. The molecule has 0 radical (unpaired) electrons. The predicted octanol–water partition coefficient (Wildman–Crippen LogP) is 4.52. The number of alkyl halides is 3. The van der Waals surface area contributed by atoms with Gasteiger partial charge in [0.2, 0.25) is 5.95 Å². The second-order valence-corrected chi connectivity index (χ2v) is 6.25. The van der Waals surface area contributed by atoms with E-state index in [1.54, 1.807) is 12.1 Å². The van der Waals surface area contributed by atoms with E-state index in [4.69, 9.17) is 23.2 Å². The lowest BCUT2D eigenvalue weighted by atomic mass is 10.3. The average Bonchev–Trinajstić information content (AvgIpc) is 2.50. The summed E-state index contributed by atoms with van der Waals surface area (Å²) in [5, 5.41) is 6.18. The fraction of sp³-hybridized carbons (Fsp3) is 0.333. The van der Waals surface area contributed by atoms with Crippen LogP contribution < -0.4 is 10.6 Å². The Hall–Kier alpha value is -1.77. The van der Waals surface area contributed by atoms with Gasteiger partial charge in [-0.3, -0.25) is 0 Å². The monoisotopic (exact) mass is 393 g/mol. The summed E-state index contributed by atoms with van der Waals surface area (Å²) in [4.78, 5) is 9.51. The summed E-state index contributed by atoms with van der Waals surface area (Å²) in [5.41, 5.74) is -0.417. The number of halogens is 5. The SMILES string of the molecule is CN(C)CCNc1nc(Nc2ccc(Cl)c(Cl)c2)ncc1C(F)(F)F. The minimum Gasteiger partial charge on any atom is -0.368 e. The number of aromatic nitrogens is 2. The van der Waals surface area contributed by atoms with E-state index in [9.17, 15) is 13.2 Å². The molecule has 0 spiro atoms. The molecule has 0 saturated carbocycles. The second-order valence-electron chi connectivity index (χ2n) is 5.44. The molecule has 0 aliphatic heterocycles. The van der Waals surface area contributed by atoms with E-state index in [1.807, 2.05) is 19.0 Å². The molecule has 0 amide bonds. The maximum atomic E-state index is 13.1. The Morgan fingerprint density at radius 1 is 1.16 bits per heavy atom. The molecule has 0 bridgehead atoms. The number of hydrogen-bond donors (Lipinski definition) is 2. The van der Waals surface area contributed by atoms with Gasteiger partial charge in [0.15, 0.2) is 0 Å². The van der Waals surface area contributed by atoms with E-state index in [1.165, 1.54) is 6.07 Å². The molecule has 0 unspecified atom stereocenters. The van der Waals surface area contributed by atoms with Crippen molar-refractivity contribution >= 4 is 40.7 Å². The van der Waals surface area contributed by atoms with Gasteiger partial charge in [-0.15, -0.1) is 0 Å². The smallest absolute Gasteiger partial charge is 0.368 e. The van der Waals surface area contributed by atoms with Crippen LogP contribution in [0.3, 0.4) is 0 Å². The van der Waals surface area contributed by atoms with Gasteiger partial charge >= 0.3 is 6.18 Å². The third kappa shape index (κ3) is 5.62. The minimum atomic E-state index is -4.55. The summed E-state index contributed by atoms with van der Waals surface area (Å²) in [6, 6.07) is 4.71. The molecule has 2 rings (SSSR count). The standard InChI is InChI=1S/C15H16Cl2F3N5/c1-25(2)6-5-21-13-10(15(18,19)20)8-22-14(24-13)23-9-3-4-11(16)12(17)7-9/h3-4,7-8H,5-6H2,1-2H3,(H2,21,22,23,24). The molecule has 0 atom stereocenters. The molecule has 2 N–H and O–H groups in total. The molecule has 5 nitrogen and oxygen atoms in total. The zero-order valence-electron chi connectivity index (χ0n) is 13.5. The van der Waals surface area contributed by atoms with Gasteiger partial charge < -0.3 is 15.5 Å². The number of nitrogens with zero attached hydrogens (tertiary/aromatic N) is 3. The van der Waals surface area contributed by atoms with Crippen molar-refractivity contribution in [3.05, 3.63) is 40.0 Å². The molecular formula is C15H16Cl2F3N5. The summed E-state index contributed by atoms with van der Waals surface area (Å²) >= 11 is 11.7. The van der Waals surface area contributed by atoms with E-state index in [0.29, 0.717) is 28.8 Å². The molecule has 25 heavy (non-hydrogen) atoms. The molecule has 2 aromatic rings. The number of anilines is 3. The Morgan fingerprint density at radius 2 is 1.88 bits per heavy atom. The maximum absolute atomic E-state index is 13.1. The third-order valence-electron chi connectivity index (χ3n) is 3.12. The average molecular weight is 394 g/mol. The van der Waals surface area contributed by atoms with Gasteiger partial charge in [0.1, 0.15) is 11.4 Å². The Kier molecular flexibility index (Phi) is 6.31. The van der Waals surface area contributed by atoms with Crippen molar-refractivity contribution < 1.29 is 13.2 Å². The highest BCUT2D eigenvalue weighted by molar-refractivity contribution is 6.42. The second kappa shape index (κ2) is 8.07. The molecule has 1 aromatic heterocycles. The molecule has 1 aromatic carbocycles. The number of benzene rings is 1. The van der Waals surface area contributed by atoms with Gasteiger partial charge in [-0.1, -0.05) is 23.2 Å². The van der Waals surface area contributed by atoms with E-state index >= 15 is 0 Å². The minimum absolute atomic E-state index is 0.0127. The maximum Gasteiger partial charge on any atom is 0.421 e. The number of likely N-dealkylation sites (N-methyl/N-ethyl adjacent to an activating group) is 1. The molecule has 10 heteroatoms. The summed E-state index contributed by atoms with van der Waals surface area (Å²) in [6.07, 6.45) is -3.81. The highest BCUT2D eigenvalue weighted by Crippen LogP contribution is 2.34. The Labute approximate surface area is 153 Å². The van der Waals surface area contributed by atoms with Crippen LogP contribution in [0.25, 0.3) is 0 Å². The topological polar surface area (TPSA) is 53.1 Å². The van der Waals surface area contributed by atoms with Crippen LogP contribution in [-0.2, 0) is 6.18 Å². The summed E-state index contributed by atoms with van der Waals surface area (Å²) in [6.45, 7) is 0.857. The molecule has 1 heterocycles. The Morgan fingerprint density at radius 3 is 2.48 bits per heavy atom. The molecule has 0 aliphatic rings. The zero-order chi connectivity index (χ0) is 18.6. The zero-order valence-corrected chi connectivity index (χ0v) is 15.0. The number of hydrogen-bond acceptors (Lipinski definition) is 5. The van der Waals surface area contributed by atoms with Crippen molar-refractivity contribution in [1.29, 1.82) is 0 Å². The summed E-state index contributed by atoms with van der Waals surface area (Å²) in [7, 11) is 3.65. The van der Waals surface area contributed by atoms with Crippen LogP contribution in [0, 0.1) is 0 Å². The molecule has 0 saturated heterocycles. The Balaban J connectivity index is 2.25. The fourth-order valence-corrected chi connectivity index (χ4v) is 2.18. The van der Waals surface area contributed by atoms with Crippen LogP contribution in [0.15, 0.2) is 24.4 Å². The van der Waals surface area contributed by atoms with Crippen molar-refractivity contribution in [2.24, 2.45) is 0 Å². The van der Waals surface area contributed by atoms with Crippen molar-refractivity contribution in [2.45, 2.75) is 6.18 Å². The van der Waals surface area contributed by atoms with E-state index in [2.05, 4.69) is 20.6 Å². The van der Waals surface area contributed by atoms with Crippen molar-refractivity contribution in [3.63, 3.8) is 0 Å². The number of nitrogens with one attached hydrogen (secondary N) is 2. The van der Waals surface area contributed by atoms with Gasteiger partial charge in [0.05, 0.1) is 10.0 Å². The first kappa shape index (κ1) is 19.6. The third-order valence-corrected chi connectivity index (χ3v) is 3.86. The van der Waals surface area contributed by atoms with E-state index in [0.717, 1.165) is 6.20 Å². The van der Waals surface area contributed by atoms with E-state index in [-0.39, 0.29) is 11.8 Å². The number of rotatable bonds is 6. The van der Waals surface area contributed by atoms with Crippen molar-refractivity contribution in [1.82, 2.24) is 14.9 Å². The molecule has 0 aliphatic carbocycles. The molecule has 0 fully saturated rings. The fourth-order valence-electron chi connectivity index (χ4n) is 1.89. The van der Waals surface area contributed by atoms with Gasteiger partial charge in [0.25, 0.3) is 0 Å². The lowest BCUT2D eigenvalue weighted by molar-refractivity contribution is -0.137. The first-order valence-corrected chi connectivity index (χ1v) is 7.97. The van der Waals surface area contributed by atoms with Crippen LogP contribution in [-0.4, -0.2) is 42.1 Å². The van der Waals surface area contributed by atoms with Crippen LogP contribution in [0.2, 0.25) is 10.0 Å². The normalized spacial score (nSPS) is 11.7. The van der Waals surface area contributed by atoms with Gasteiger partial charge in [-0.25, -0.2) is 4.98 Å². The van der Waals surface area contributed by atoms with E-state index < -0.39 is 11.7 Å². The first-order valence-electron chi connectivity index (χ1n) is 7.21. The van der Waals surface area contributed by atoms with Crippen LogP contribution in [0.1, 0.15) is 5.56 Å². The predicted molar refractivity (Wildman–Crippen MR) is 93.8 cm³/mol. The highest BCUT2D eigenvalue weighted by Gasteiger charge is 2.35. The van der Waals surface area contributed by atoms with Gasteiger partial charge in [-0.2, -0.15) is 18.2 Å². The van der Waals surface area contributed by atoms with Crippen molar-refractivity contribution in [2.75, 3.05) is 37.8 Å². The van der Waals surface area contributed by atoms with Gasteiger partial charge in [0, 0.05) is 25.0 Å². The summed E-state index contributed by atoms with van der Waals surface area (Å²) in [5.74, 6) is -0.273. The van der Waals surface area contributed by atoms with Gasteiger partial charge in [-0.05, 0) is 32.3 Å². The van der Waals surface area contributed by atoms with Crippen molar-refractivity contribution in [3.8, 4) is 0 Å². The highest BCUT2D eigenvalue weighted by atomic mass is 35.5. The quantitative estimate of drug-likeness (QED) is 0.755. The first-order chi connectivity index (χ1) is 11.7. The summed E-state index contributed by atoms with van der Waals surface area (Å²) < 4.78 is 39.3. The lowest BCUT2D eigenvalue weighted by Crippen LogP contribution is -2.23.